The Balaban J connectivity index is 2.25. The Kier molecular flexibility index (Phi) is 9.55. The lowest BCUT2D eigenvalue weighted by Gasteiger charge is -2.32. The molecule has 1 heterocycles. The van der Waals surface area contributed by atoms with Crippen LogP contribution in [-0.2, 0) is 14.3 Å². The minimum Gasteiger partial charge on any atom is -0.444 e. The Morgan fingerprint density at radius 1 is 1.15 bits per heavy atom. The number of hydrogen-bond donors (Lipinski definition) is 2. The van der Waals surface area contributed by atoms with Crippen molar-refractivity contribution in [3.05, 3.63) is 0 Å². The molecule has 0 spiro atoms. The van der Waals surface area contributed by atoms with Gasteiger partial charge in [0.05, 0.1) is 13.1 Å². The van der Waals surface area contributed by atoms with Crippen molar-refractivity contribution >= 4 is 17.9 Å². The van der Waals surface area contributed by atoms with Crippen molar-refractivity contribution in [2.24, 2.45) is 5.92 Å². The number of hydrogen-bond acceptors (Lipinski definition) is 5. The molecule has 1 fully saturated rings. The van der Waals surface area contributed by atoms with Crippen LogP contribution in [0.15, 0.2) is 0 Å². The molecule has 1 rings (SSSR count). The largest absolute Gasteiger partial charge is 0.444 e. The second-order valence-electron chi connectivity index (χ2n) is 8.20. The standard InChI is InChI=1S/C19H36N4O4/c1-6-9-20-16(24)13-22(5)17(25)14-23-10-7-15(8-11-23)12-21-18(26)27-19(2,3)4/h15H,6-14H2,1-5H3,(H,20,24)(H,21,26). The van der Waals surface area contributed by atoms with E-state index in [0.29, 0.717) is 25.6 Å². The monoisotopic (exact) mass is 384 g/mol. The van der Waals surface area contributed by atoms with Crippen molar-refractivity contribution in [2.75, 3.05) is 46.3 Å². The van der Waals surface area contributed by atoms with E-state index in [4.69, 9.17) is 4.74 Å². The minimum atomic E-state index is -0.493. The van der Waals surface area contributed by atoms with Gasteiger partial charge in [0.15, 0.2) is 0 Å². The first-order chi connectivity index (χ1) is 12.6. The highest BCUT2D eigenvalue weighted by Gasteiger charge is 2.24. The summed E-state index contributed by atoms with van der Waals surface area (Å²) in [4.78, 5) is 39.3. The molecule has 156 valence electrons. The molecule has 8 heteroatoms. The molecule has 0 radical (unpaired) electrons. The molecule has 0 aromatic heterocycles. The maximum absolute atomic E-state index is 12.3. The van der Waals surface area contributed by atoms with E-state index in [9.17, 15) is 14.4 Å². The van der Waals surface area contributed by atoms with Crippen molar-refractivity contribution in [2.45, 2.75) is 52.6 Å². The second kappa shape index (κ2) is 11.1. The van der Waals surface area contributed by atoms with Crippen molar-refractivity contribution in [1.29, 1.82) is 0 Å². The van der Waals surface area contributed by atoms with Gasteiger partial charge in [0.1, 0.15) is 5.60 Å². The SMILES string of the molecule is CCCNC(=O)CN(C)C(=O)CN1CCC(CNC(=O)OC(C)(C)C)CC1. The van der Waals surface area contributed by atoms with Crippen molar-refractivity contribution in [1.82, 2.24) is 20.4 Å². The maximum Gasteiger partial charge on any atom is 0.407 e. The molecule has 0 aliphatic carbocycles. The van der Waals surface area contributed by atoms with Crippen LogP contribution in [0.1, 0.15) is 47.0 Å². The van der Waals surface area contributed by atoms with Crippen LogP contribution >= 0.6 is 0 Å². The van der Waals surface area contributed by atoms with Crippen LogP contribution in [0.25, 0.3) is 0 Å². The maximum atomic E-state index is 12.3. The van der Waals surface area contributed by atoms with Crippen LogP contribution in [0.3, 0.4) is 0 Å². The number of nitrogens with one attached hydrogen (secondary N) is 2. The van der Waals surface area contributed by atoms with E-state index < -0.39 is 5.60 Å². The highest BCUT2D eigenvalue weighted by atomic mass is 16.6. The van der Waals surface area contributed by atoms with Gasteiger partial charge < -0.3 is 20.3 Å². The molecule has 1 aliphatic rings. The van der Waals surface area contributed by atoms with E-state index >= 15 is 0 Å². The quantitative estimate of drug-likeness (QED) is 0.656. The van der Waals surface area contributed by atoms with Crippen LogP contribution in [0.4, 0.5) is 4.79 Å². The lowest BCUT2D eigenvalue weighted by molar-refractivity contribution is -0.135. The van der Waals surface area contributed by atoms with Gasteiger partial charge in [0.25, 0.3) is 0 Å². The van der Waals surface area contributed by atoms with Gasteiger partial charge in [-0.3, -0.25) is 14.5 Å². The number of piperidine rings is 1. The fraction of sp³-hybridized carbons (Fsp3) is 0.842. The van der Waals surface area contributed by atoms with Gasteiger partial charge in [-0.1, -0.05) is 6.92 Å². The van der Waals surface area contributed by atoms with Gasteiger partial charge in [-0.15, -0.1) is 0 Å². The molecule has 1 aliphatic heterocycles. The number of likely N-dealkylation sites (tertiary alicyclic amines) is 1. The Morgan fingerprint density at radius 2 is 1.78 bits per heavy atom. The normalized spacial score (nSPS) is 15.9. The third kappa shape index (κ3) is 10.2. The zero-order valence-corrected chi connectivity index (χ0v) is 17.5. The highest BCUT2D eigenvalue weighted by Crippen LogP contribution is 2.16. The van der Waals surface area contributed by atoms with E-state index in [2.05, 4.69) is 15.5 Å². The number of carbonyl (C=O) groups excluding carboxylic acids is 3. The smallest absolute Gasteiger partial charge is 0.407 e. The molecule has 0 atom stereocenters. The van der Waals surface area contributed by atoms with Crippen LogP contribution in [0.2, 0.25) is 0 Å². The summed E-state index contributed by atoms with van der Waals surface area (Å²) in [7, 11) is 1.66. The molecular formula is C19H36N4O4. The van der Waals surface area contributed by atoms with E-state index in [1.807, 2.05) is 27.7 Å². The molecule has 1 saturated heterocycles. The van der Waals surface area contributed by atoms with Crippen LogP contribution < -0.4 is 10.6 Å². The number of likely N-dealkylation sites (N-methyl/N-ethyl adjacent to an activating group) is 1. The van der Waals surface area contributed by atoms with Crippen LogP contribution in [0, 0.1) is 5.92 Å². The summed E-state index contributed by atoms with van der Waals surface area (Å²) in [5.41, 5.74) is -0.493. The third-order valence-electron chi connectivity index (χ3n) is 4.38. The Morgan fingerprint density at radius 3 is 2.33 bits per heavy atom. The number of amides is 3. The minimum absolute atomic E-state index is 0.0491. The number of rotatable bonds is 8. The van der Waals surface area contributed by atoms with Crippen molar-refractivity contribution in [3.63, 3.8) is 0 Å². The van der Waals surface area contributed by atoms with Gasteiger partial charge >= 0.3 is 6.09 Å². The first-order valence-corrected chi connectivity index (χ1v) is 9.80. The molecule has 0 bridgehead atoms. The van der Waals surface area contributed by atoms with Gasteiger partial charge in [-0.2, -0.15) is 0 Å². The Labute approximate surface area is 163 Å². The molecule has 27 heavy (non-hydrogen) atoms. The highest BCUT2D eigenvalue weighted by molar-refractivity contribution is 5.85. The van der Waals surface area contributed by atoms with Crippen LogP contribution in [-0.4, -0.2) is 79.6 Å². The van der Waals surface area contributed by atoms with Gasteiger partial charge in [0.2, 0.25) is 11.8 Å². The first-order valence-electron chi connectivity index (χ1n) is 9.80. The van der Waals surface area contributed by atoms with Gasteiger partial charge in [-0.25, -0.2) is 4.79 Å². The topological polar surface area (TPSA) is 91.0 Å². The number of nitrogens with zero attached hydrogens (tertiary/aromatic N) is 2. The summed E-state index contributed by atoms with van der Waals surface area (Å²) in [6.07, 6.45) is 2.33. The molecule has 2 N–H and O–H groups in total. The average molecular weight is 385 g/mol. The predicted octanol–water partition coefficient (Wildman–Crippen LogP) is 1.21. The van der Waals surface area contributed by atoms with E-state index in [1.165, 1.54) is 4.90 Å². The summed E-state index contributed by atoms with van der Waals surface area (Å²) < 4.78 is 5.24. The third-order valence-corrected chi connectivity index (χ3v) is 4.38. The fourth-order valence-corrected chi connectivity index (χ4v) is 2.83. The average Bonchev–Trinajstić information content (AvgIpc) is 2.57. The van der Waals surface area contributed by atoms with Gasteiger partial charge in [0, 0.05) is 20.1 Å². The predicted molar refractivity (Wildman–Crippen MR) is 104 cm³/mol. The molecule has 8 nitrogen and oxygen atoms in total. The summed E-state index contributed by atoms with van der Waals surface area (Å²) in [6.45, 7) is 10.8. The Hall–Kier alpha value is -1.83. The number of ether oxygens (including phenoxy) is 1. The summed E-state index contributed by atoms with van der Waals surface area (Å²) in [6, 6.07) is 0. The zero-order valence-electron chi connectivity index (χ0n) is 17.5. The lowest BCUT2D eigenvalue weighted by atomic mass is 9.97. The molecule has 0 saturated carbocycles. The molecule has 0 aromatic carbocycles. The fourth-order valence-electron chi connectivity index (χ4n) is 2.83. The number of carbonyl (C=O) groups is 3. The molecule has 3 amide bonds. The van der Waals surface area contributed by atoms with E-state index in [1.54, 1.807) is 7.05 Å². The molecule has 0 unspecified atom stereocenters. The van der Waals surface area contributed by atoms with Crippen molar-refractivity contribution in [3.8, 4) is 0 Å². The van der Waals surface area contributed by atoms with E-state index in [0.717, 1.165) is 32.4 Å². The second-order valence-corrected chi connectivity index (χ2v) is 8.20. The summed E-state index contributed by atoms with van der Waals surface area (Å²) in [5.74, 6) is 0.216. The lowest BCUT2D eigenvalue weighted by Crippen LogP contribution is -2.46. The molecule has 0 aromatic rings. The number of alkyl carbamates (subject to hydrolysis) is 1. The Bertz CT molecular complexity index is 496. The zero-order chi connectivity index (χ0) is 20.4. The van der Waals surface area contributed by atoms with Gasteiger partial charge in [-0.05, 0) is 59.0 Å². The van der Waals surface area contributed by atoms with Crippen molar-refractivity contribution < 1.29 is 19.1 Å². The first kappa shape index (κ1) is 23.2. The summed E-state index contributed by atoms with van der Waals surface area (Å²) >= 11 is 0. The van der Waals surface area contributed by atoms with Crippen LogP contribution in [0.5, 0.6) is 0 Å². The van der Waals surface area contributed by atoms with E-state index in [-0.39, 0.29) is 24.5 Å². The molecular weight excluding hydrogens is 348 g/mol. The summed E-state index contributed by atoms with van der Waals surface area (Å²) in [5, 5.41) is 5.60.